The fraction of sp³-hybridized carbons (Fsp3) is 0.300. The maximum atomic E-state index is 12.9. The van der Waals surface area contributed by atoms with E-state index < -0.39 is 15.1 Å². The Kier molecular flexibility index (Phi) is 6.10. The summed E-state index contributed by atoms with van der Waals surface area (Å²) in [7, 11) is -3.72. The molecule has 1 aliphatic rings. The van der Waals surface area contributed by atoms with Crippen LogP contribution in [0.15, 0.2) is 52.3 Å². The molecule has 2 N–H and O–H groups in total. The zero-order valence-corrected chi connectivity index (χ0v) is 17.3. The van der Waals surface area contributed by atoms with E-state index in [-0.39, 0.29) is 23.1 Å². The highest BCUT2D eigenvalue weighted by Crippen LogP contribution is 2.33. The molecule has 2 aromatic rings. The Bertz CT molecular complexity index is 1020. The summed E-state index contributed by atoms with van der Waals surface area (Å²) < 4.78 is 25.9. The summed E-state index contributed by atoms with van der Waals surface area (Å²) in [5.74, 6) is 0.163. The van der Waals surface area contributed by atoms with E-state index in [1.54, 1.807) is 12.1 Å². The Balaban J connectivity index is 1.76. The second-order valence-electron chi connectivity index (χ2n) is 6.73. The van der Waals surface area contributed by atoms with Crippen molar-refractivity contribution in [2.45, 2.75) is 41.7 Å². The molecule has 2 aromatic carbocycles. The number of hydrogen-bond donors (Lipinski definition) is 2. The van der Waals surface area contributed by atoms with Crippen LogP contribution >= 0.6 is 11.8 Å². The topological polar surface area (TPSA) is 92.3 Å². The molecule has 8 heteroatoms. The molecular weight excluding hydrogens is 396 g/mol. The zero-order valence-electron chi connectivity index (χ0n) is 15.7. The number of carbonyl (C=O) groups excluding carboxylic acids is 2. The summed E-state index contributed by atoms with van der Waals surface area (Å²) in [5.41, 5.74) is 2.08. The molecule has 0 saturated carbocycles. The summed E-state index contributed by atoms with van der Waals surface area (Å²) in [4.78, 5) is 25.0. The molecular formula is C20H22N2O4S2. The summed E-state index contributed by atoms with van der Waals surface area (Å²) in [6.45, 7) is 3.39. The van der Waals surface area contributed by atoms with E-state index in [9.17, 15) is 18.0 Å². The first-order valence-electron chi connectivity index (χ1n) is 8.93. The van der Waals surface area contributed by atoms with Crippen molar-refractivity contribution in [1.29, 1.82) is 0 Å². The average Bonchev–Trinajstić information content (AvgIpc) is 2.83. The predicted molar refractivity (Wildman–Crippen MR) is 111 cm³/mol. The summed E-state index contributed by atoms with van der Waals surface area (Å²) in [5, 5.41) is 4.62. The summed E-state index contributed by atoms with van der Waals surface area (Å²) in [6.07, 6.45) is 0.228. The van der Waals surface area contributed by atoms with Gasteiger partial charge in [-0.05, 0) is 43.7 Å². The number of para-hydroxylation sites is 1. The van der Waals surface area contributed by atoms with Crippen LogP contribution in [-0.4, -0.2) is 31.2 Å². The van der Waals surface area contributed by atoms with Crippen LogP contribution in [0.2, 0.25) is 0 Å². The molecule has 0 aromatic heterocycles. The number of fused-ring (bicyclic) bond motifs is 1. The van der Waals surface area contributed by atoms with E-state index >= 15 is 0 Å². The number of thioether (sulfide) groups is 1. The molecule has 0 aliphatic carbocycles. The third-order valence-corrected chi connectivity index (χ3v) is 7.77. The van der Waals surface area contributed by atoms with Crippen molar-refractivity contribution in [2.24, 2.45) is 0 Å². The molecule has 2 amide bonds. The van der Waals surface area contributed by atoms with E-state index in [1.807, 2.05) is 25.1 Å². The van der Waals surface area contributed by atoms with Crippen molar-refractivity contribution >= 4 is 44.8 Å². The van der Waals surface area contributed by atoms with Crippen molar-refractivity contribution in [2.75, 3.05) is 16.4 Å². The van der Waals surface area contributed by atoms with Crippen LogP contribution in [0, 0.1) is 6.92 Å². The highest BCUT2D eigenvalue weighted by atomic mass is 32.2. The van der Waals surface area contributed by atoms with Crippen LogP contribution in [-0.2, 0) is 19.4 Å². The van der Waals surface area contributed by atoms with Crippen LogP contribution in [0.3, 0.4) is 0 Å². The number of hydrogen-bond acceptors (Lipinski definition) is 5. The third-order valence-electron chi connectivity index (χ3n) is 4.56. The largest absolute Gasteiger partial charge is 0.326 e. The minimum Gasteiger partial charge on any atom is -0.326 e. The number of aryl methyl sites for hydroxylation is 1. The molecule has 0 spiro atoms. The van der Waals surface area contributed by atoms with Gasteiger partial charge in [-0.2, -0.15) is 0 Å². The van der Waals surface area contributed by atoms with Gasteiger partial charge in [0.2, 0.25) is 11.8 Å². The van der Waals surface area contributed by atoms with Gasteiger partial charge < -0.3 is 10.6 Å². The second-order valence-corrected chi connectivity index (χ2v) is 10.2. The van der Waals surface area contributed by atoms with Gasteiger partial charge in [-0.25, -0.2) is 8.42 Å². The smallest absolute Gasteiger partial charge is 0.225 e. The third kappa shape index (κ3) is 4.56. The fourth-order valence-corrected chi connectivity index (χ4v) is 5.21. The minimum absolute atomic E-state index is 0.102. The number of carbonyl (C=O) groups is 2. The van der Waals surface area contributed by atoms with Crippen LogP contribution in [0.1, 0.15) is 25.3 Å². The molecule has 1 unspecified atom stereocenters. The highest BCUT2D eigenvalue weighted by Gasteiger charge is 2.27. The lowest BCUT2D eigenvalue weighted by atomic mass is 10.2. The monoisotopic (exact) mass is 418 g/mol. The second kappa shape index (κ2) is 8.36. The first-order valence-corrected chi connectivity index (χ1v) is 11.5. The molecule has 0 radical (unpaired) electrons. The number of rotatable bonds is 5. The molecule has 148 valence electrons. The van der Waals surface area contributed by atoms with Crippen LogP contribution < -0.4 is 10.6 Å². The fourth-order valence-electron chi connectivity index (χ4n) is 2.89. The number of anilines is 2. The Morgan fingerprint density at radius 2 is 2.00 bits per heavy atom. The van der Waals surface area contributed by atoms with Gasteiger partial charge in [-0.1, -0.05) is 18.2 Å². The van der Waals surface area contributed by atoms with Gasteiger partial charge in [0.1, 0.15) is 0 Å². The summed E-state index contributed by atoms with van der Waals surface area (Å²) in [6, 6.07) is 12.1. The van der Waals surface area contributed by atoms with Crippen molar-refractivity contribution in [3.05, 3.63) is 48.0 Å². The van der Waals surface area contributed by atoms with Crippen LogP contribution in [0.5, 0.6) is 0 Å². The van der Waals surface area contributed by atoms with Gasteiger partial charge in [0.15, 0.2) is 9.84 Å². The highest BCUT2D eigenvalue weighted by molar-refractivity contribution is 7.99. The molecule has 3 rings (SSSR count). The Labute approximate surface area is 169 Å². The van der Waals surface area contributed by atoms with E-state index in [0.717, 1.165) is 10.5 Å². The molecule has 1 atom stereocenters. The first kappa shape index (κ1) is 20.4. The molecule has 1 heterocycles. The van der Waals surface area contributed by atoms with Gasteiger partial charge in [-0.3, -0.25) is 9.59 Å². The molecule has 0 bridgehead atoms. The number of amides is 2. The molecule has 0 saturated heterocycles. The van der Waals surface area contributed by atoms with E-state index in [2.05, 4.69) is 10.6 Å². The van der Waals surface area contributed by atoms with Crippen LogP contribution in [0.25, 0.3) is 0 Å². The predicted octanol–water partition coefficient (Wildman–Crippen LogP) is 3.62. The zero-order chi connectivity index (χ0) is 20.3. The van der Waals surface area contributed by atoms with Crippen molar-refractivity contribution in [3.8, 4) is 0 Å². The van der Waals surface area contributed by atoms with Crippen LogP contribution in [0.4, 0.5) is 11.4 Å². The van der Waals surface area contributed by atoms with Gasteiger partial charge in [0.25, 0.3) is 0 Å². The van der Waals surface area contributed by atoms with Gasteiger partial charge in [0.05, 0.1) is 15.8 Å². The van der Waals surface area contributed by atoms with Gasteiger partial charge >= 0.3 is 0 Å². The Morgan fingerprint density at radius 3 is 2.75 bits per heavy atom. The first-order chi connectivity index (χ1) is 13.3. The quantitative estimate of drug-likeness (QED) is 0.774. The standard InChI is InChI=1S/C20H22N2O4S2/c1-13-5-3-4-6-16(13)21-20(24)11-14(2)28(25,26)15-7-8-18-17(12-15)22-19(23)9-10-27-18/h3-8,12,14H,9-11H2,1-2H3,(H,21,24)(H,22,23). The van der Waals surface area contributed by atoms with Gasteiger partial charge in [0, 0.05) is 29.2 Å². The van der Waals surface area contributed by atoms with E-state index in [1.165, 1.54) is 30.8 Å². The SMILES string of the molecule is Cc1ccccc1NC(=O)CC(C)S(=O)(=O)c1ccc2c(c1)NC(=O)CCS2. The maximum Gasteiger partial charge on any atom is 0.225 e. The minimum atomic E-state index is -3.72. The molecule has 1 aliphatic heterocycles. The summed E-state index contributed by atoms with van der Waals surface area (Å²) >= 11 is 1.51. The van der Waals surface area contributed by atoms with Crippen molar-refractivity contribution in [3.63, 3.8) is 0 Å². The lowest BCUT2D eigenvalue weighted by Gasteiger charge is -2.15. The maximum absolute atomic E-state index is 12.9. The van der Waals surface area contributed by atoms with Crippen molar-refractivity contribution < 1.29 is 18.0 Å². The van der Waals surface area contributed by atoms with E-state index in [0.29, 0.717) is 23.5 Å². The molecule has 28 heavy (non-hydrogen) atoms. The Morgan fingerprint density at radius 1 is 1.25 bits per heavy atom. The lowest BCUT2D eigenvalue weighted by Crippen LogP contribution is -2.25. The van der Waals surface area contributed by atoms with Crippen molar-refractivity contribution in [1.82, 2.24) is 0 Å². The average molecular weight is 419 g/mol. The molecule has 6 nitrogen and oxygen atoms in total. The molecule has 0 fully saturated rings. The number of benzene rings is 2. The normalized spacial score (nSPS) is 15.1. The van der Waals surface area contributed by atoms with E-state index in [4.69, 9.17) is 0 Å². The lowest BCUT2D eigenvalue weighted by molar-refractivity contribution is -0.116. The number of sulfone groups is 1. The van der Waals surface area contributed by atoms with Gasteiger partial charge in [-0.15, -0.1) is 11.8 Å². The number of nitrogens with one attached hydrogen (secondary N) is 2. The Hall–Kier alpha value is -2.32.